The molecule has 1 aliphatic rings. The van der Waals surface area contributed by atoms with E-state index in [0.29, 0.717) is 11.2 Å². The summed E-state index contributed by atoms with van der Waals surface area (Å²) in [7, 11) is 0. The fourth-order valence-corrected chi connectivity index (χ4v) is 2.90. The van der Waals surface area contributed by atoms with Crippen LogP contribution in [0.15, 0.2) is 6.33 Å². The molecule has 2 unspecified atom stereocenters. The number of unbranched alkanes of at least 4 members (excludes halogenated alkanes) is 3. The Morgan fingerprint density at radius 1 is 1.27 bits per heavy atom. The maximum atomic E-state index is 10.2. The lowest BCUT2D eigenvalue weighted by Gasteiger charge is -2.16. The number of fused-ring (bicyclic) bond motifs is 1. The number of ether oxygens (including phenoxy) is 1. The van der Waals surface area contributed by atoms with Crippen LogP contribution >= 0.6 is 0 Å². The topological polar surface area (TPSA) is 140 Å². The molecule has 0 radical (unpaired) electrons. The number of nitrogens with zero attached hydrogens (tertiary/aromatic N) is 4. The summed E-state index contributed by atoms with van der Waals surface area (Å²) in [6.07, 6.45) is 1.16. The van der Waals surface area contributed by atoms with E-state index in [2.05, 4.69) is 33.7 Å². The molecule has 2 aromatic rings. The Bertz CT molecular complexity index is 828. The number of nitrogens with two attached hydrogens (primary N) is 1. The van der Waals surface area contributed by atoms with Gasteiger partial charge in [-0.25, -0.2) is 15.0 Å². The molecule has 0 aliphatic carbocycles. The van der Waals surface area contributed by atoms with E-state index in [0.717, 1.165) is 25.7 Å². The van der Waals surface area contributed by atoms with Crippen molar-refractivity contribution >= 4 is 17.0 Å². The second-order valence-corrected chi connectivity index (χ2v) is 6.24. The zero-order chi connectivity index (χ0) is 18.7. The molecule has 3 rings (SSSR count). The van der Waals surface area contributed by atoms with Gasteiger partial charge in [0.1, 0.15) is 23.8 Å². The van der Waals surface area contributed by atoms with E-state index in [-0.39, 0.29) is 11.6 Å². The van der Waals surface area contributed by atoms with Crippen LogP contribution in [0.4, 0.5) is 5.82 Å². The first-order valence-corrected chi connectivity index (χ1v) is 8.68. The summed E-state index contributed by atoms with van der Waals surface area (Å²) in [5.74, 6) is 6.37. The standard InChI is InChI=1S/C17H23N5O4/c1-2-3-4-5-6-7-11-20-15(18)12-16(21-11)22(9-19-12)17-14(25)13(24)10(8-23)26-17/h9-10,13-14,17,23-25H,2-5,8H2,1H3,(H2,18,20,21)/t10-,13?,14?,17-/m1/s1. The highest BCUT2D eigenvalue weighted by molar-refractivity contribution is 5.82. The second kappa shape index (κ2) is 7.97. The van der Waals surface area contributed by atoms with E-state index in [1.54, 1.807) is 0 Å². The molecule has 1 aliphatic heterocycles. The van der Waals surface area contributed by atoms with Crippen LogP contribution in [0.1, 0.15) is 44.7 Å². The number of anilines is 1. The zero-order valence-electron chi connectivity index (χ0n) is 14.5. The van der Waals surface area contributed by atoms with Crippen LogP contribution in [0.3, 0.4) is 0 Å². The van der Waals surface area contributed by atoms with Crippen LogP contribution in [0.5, 0.6) is 0 Å². The predicted molar refractivity (Wildman–Crippen MR) is 93.8 cm³/mol. The third-order valence-electron chi connectivity index (χ3n) is 4.35. The fraction of sp³-hybridized carbons (Fsp3) is 0.588. The van der Waals surface area contributed by atoms with Crippen LogP contribution in [0.2, 0.25) is 0 Å². The number of aliphatic hydroxyl groups excluding tert-OH is 3. The summed E-state index contributed by atoms with van der Waals surface area (Å²) >= 11 is 0. The van der Waals surface area contributed by atoms with Crippen molar-refractivity contribution in [3.05, 3.63) is 12.2 Å². The maximum Gasteiger partial charge on any atom is 0.208 e. The summed E-state index contributed by atoms with van der Waals surface area (Å²) in [4.78, 5) is 12.7. The van der Waals surface area contributed by atoms with E-state index < -0.39 is 31.1 Å². The summed E-state index contributed by atoms with van der Waals surface area (Å²) < 4.78 is 7.00. The minimum Gasteiger partial charge on any atom is -0.394 e. The third kappa shape index (κ3) is 3.50. The minimum absolute atomic E-state index is 0.179. The summed E-state index contributed by atoms with van der Waals surface area (Å²) in [5.41, 5.74) is 6.66. The average Bonchev–Trinajstić information content (AvgIpc) is 3.17. The van der Waals surface area contributed by atoms with Crippen molar-refractivity contribution in [2.45, 2.75) is 57.1 Å². The molecule has 9 heteroatoms. The summed E-state index contributed by atoms with van der Waals surface area (Å²) in [6, 6.07) is 0. The number of rotatable bonds is 5. The van der Waals surface area contributed by atoms with E-state index >= 15 is 0 Å². The van der Waals surface area contributed by atoms with Crippen LogP contribution in [-0.2, 0) is 4.74 Å². The quantitative estimate of drug-likeness (QED) is 0.429. The van der Waals surface area contributed by atoms with Gasteiger partial charge in [0.05, 0.1) is 12.9 Å². The largest absolute Gasteiger partial charge is 0.394 e. The number of imidazole rings is 1. The molecule has 140 valence electrons. The second-order valence-electron chi connectivity index (χ2n) is 6.24. The third-order valence-corrected chi connectivity index (χ3v) is 4.35. The van der Waals surface area contributed by atoms with Gasteiger partial charge in [0, 0.05) is 6.42 Å². The van der Waals surface area contributed by atoms with Crippen LogP contribution in [-0.4, -0.2) is 59.8 Å². The first-order valence-electron chi connectivity index (χ1n) is 8.68. The van der Waals surface area contributed by atoms with Gasteiger partial charge in [0.25, 0.3) is 0 Å². The van der Waals surface area contributed by atoms with Gasteiger partial charge in [-0.2, -0.15) is 0 Å². The Hall–Kier alpha value is -2.25. The molecule has 1 fully saturated rings. The lowest BCUT2D eigenvalue weighted by atomic mass is 10.1. The van der Waals surface area contributed by atoms with Crippen molar-refractivity contribution in [2.75, 3.05) is 12.3 Å². The highest BCUT2D eigenvalue weighted by Gasteiger charge is 2.44. The lowest BCUT2D eigenvalue weighted by Crippen LogP contribution is -2.33. The fourth-order valence-electron chi connectivity index (χ4n) is 2.90. The molecule has 0 aromatic carbocycles. The molecule has 0 amide bonds. The lowest BCUT2D eigenvalue weighted by molar-refractivity contribution is -0.0511. The van der Waals surface area contributed by atoms with Gasteiger partial charge in [0.15, 0.2) is 17.7 Å². The Labute approximate surface area is 150 Å². The highest BCUT2D eigenvalue weighted by atomic mass is 16.6. The molecule has 0 bridgehead atoms. The van der Waals surface area contributed by atoms with Crippen molar-refractivity contribution in [1.29, 1.82) is 0 Å². The van der Waals surface area contributed by atoms with Crippen molar-refractivity contribution in [1.82, 2.24) is 19.5 Å². The Morgan fingerprint density at radius 3 is 2.77 bits per heavy atom. The van der Waals surface area contributed by atoms with E-state index in [1.807, 2.05) is 0 Å². The summed E-state index contributed by atoms with van der Waals surface area (Å²) in [6.45, 7) is 1.72. The number of aromatic nitrogens is 4. The van der Waals surface area contributed by atoms with Gasteiger partial charge in [-0.15, -0.1) is 0 Å². The molecule has 9 nitrogen and oxygen atoms in total. The van der Waals surface area contributed by atoms with Crippen molar-refractivity contribution in [3.8, 4) is 11.8 Å². The van der Waals surface area contributed by atoms with Crippen LogP contribution in [0.25, 0.3) is 11.2 Å². The first-order chi connectivity index (χ1) is 12.6. The van der Waals surface area contributed by atoms with Gasteiger partial charge >= 0.3 is 0 Å². The monoisotopic (exact) mass is 361 g/mol. The van der Waals surface area contributed by atoms with E-state index in [9.17, 15) is 15.3 Å². The van der Waals surface area contributed by atoms with Gasteiger partial charge in [-0.05, 0) is 12.3 Å². The molecular formula is C17H23N5O4. The minimum atomic E-state index is -1.23. The average molecular weight is 361 g/mol. The Balaban J connectivity index is 1.91. The molecule has 0 spiro atoms. The summed E-state index contributed by atoms with van der Waals surface area (Å²) in [5, 5.41) is 29.4. The van der Waals surface area contributed by atoms with Gasteiger partial charge in [-0.1, -0.05) is 25.7 Å². The number of aliphatic hydroxyl groups is 3. The molecule has 2 aromatic heterocycles. The SMILES string of the molecule is CCCCCC#Cc1nc(N)c2ncn([C@@H]3O[C@H](CO)C(O)C3O)c2n1. The van der Waals surface area contributed by atoms with Gasteiger partial charge in [0.2, 0.25) is 5.82 Å². The van der Waals surface area contributed by atoms with Crippen LogP contribution in [0, 0.1) is 11.8 Å². The van der Waals surface area contributed by atoms with Crippen molar-refractivity contribution in [2.24, 2.45) is 0 Å². The number of nitrogen functional groups attached to an aromatic ring is 1. The van der Waals surface area contributed by atoms with Gasteiger partial charge in [-0.3, -0.25) is 4.57 Å². The first kappa shape index (κ1) is 18.5. The predicted octanol–water partition coefficient (Wildman–Crippen LogP) is -0.0482. The van der Waals surface area contributed by atoms with Crippen LogP contribution < -0.4 is 5.73 Å². The number of hydrogen-bond acceptors (Lipinski definition) is 8. The number of hydrogen-bond donors (Lipinski definition) is 4. The molecular weight excluding hydrogens is 338 g/mol. The normalized spacial score (nSPS) is 25.4. The molecule has 5 N–H and O–H groups in total. The van der Waals surface area contributed by atoms with Crippen molar-refractivity contribution < 1.29 is 20.1 Å². The molecule has 1 saturated heterocycles. The Morgan fingerprint density at radius 2 is 2.08 bits per heavy atom. The van der Waals surface area contributed by atoms with Crippen molar-refractivity contribution in [3.63, 3.8) is 0 Å². The Kier molecular flexibility index (Phi) is 5.68. The molecule has 4 atom stereocenters. The zero-order valence-corrected chi connectivity index (χ0v) is 14.5. The highest BCUT2D eigenvalue weighted by Crippen LogP contribution is 2.31. The maximum absolute atomic E-state index is 10.2. The molecule has 0 saturated carbocycles. The smallest absolute Gasteiger partial charge is 0.208 e. The molecule has 3 heterocycles. The van der Waals surface area contributed by atoms with Gasteiger partial charge < -0.3 is 25.8 Å². The molecule has 26 heavy (non-hydrogen) atoms. The van der Waals surface area contributed by atoms with E-state index in [1.165, 1.54) is 10.9 Å². The van der Waals surface area contributed by atoms with E-state index in [4.69, 9.17) is 10.5 Å².